The summed E-state index contributed by atoms with van der Waals surface area (Å²) in [5.74, 6) is 0.0315. The Hall–Kier alpha value is -4.17. The first kappa shape index (κ1) is 25.0. The van der Waals surface area contributed by atoms with Crippen LogP contribution < -0.4 is 0 Å². The molecule has 1 aliphatic rings. The van der Waals surface area contributed by atoms with Crippen LogP contribution in [0, 0.1) is 24.9 Å². The summed E-state index contributed by atoms with van der Waals surface area (Å²) in [5.41, 5.74) is 6.44. The van der Waals surface area contributed by atoms with Gasteiger partial charge in [-0.2, -0.15) is 0 Å². The van der Waals surface area contributed by atoms with Crippen molar-refractivity contribution >= 4 is 0 Å². The third-order valence-electron chi connectivity index (χ3n) is 7.85. The number of rotatable bonds is 7. The van der Waals surface area contributed by atoms with Gasteiger partial charge in [0.1, 0.15) is 0 Å². The van der Waals surface area contributed by atoms with Gasteiger partial charge in [-0.1, -0.05) is 110 Å². The minimum atomic E-state index is -2.20. The van der Waals surface area contributed by atoms with Crippen molar-refractivity contribution in [3.63, 3.8) is 0 Å². The fraction of sp³-hybridized carbons (Fsp3) is 0.209. The number of hydrogen-bond donors (Lipinski definition) is 0. The molecule has 3 heteroatoms. The van der Waals surface area contributed by atoms with Crippen LogP contribution in [0.3, 0.4) is 0 Å². The van der Waals surface area contributed by atoms with Crippen molar-refractivity contribution in [1.82, 2.24) is 9.97 Å². The molecule has 7 rings (SSSR count). The average Bonchev–Trinajstić information content (AvgIpc) is 3.19. The molecule has 46 heavy (non-hydrogen) atoms. The van der Waals surface area contributed by atoms with Crippen LogP contribution in [0.5, 0.6) is 0 Å². The third kappa shape index (κ3) is 9.19. The van der Waals surface area contributed by atoms with E-state index in [2.05, 4.69) is 22.1 Å². The van der Waals surface area contributed by atoms with Crippen LogP contribution in [0.25, 0.3) is 33.6 Å². The molecule has 0 spiro atoms. The zero-order valence-electron chi connectivity index (χ0n) is 32.5. The van der Waals surface area contributed by atoms with Crippen LogP contribution in [0.1, 0.15) is 64.0 Å². The second-order valence-corrected chi connectivity index (χ2v) is 11.1. The molecule has 2 nitrogen and oxygen atoms in total. The first-order valence-electron chi connectivity index (χ1n) is 19.0. The van der Waals surface area contributed by atoms with Crippen molar-refractivity contribution in [3.05, 3.63) is 168 Å². The van der Waals surface area contributed by atoms with Crippen molar-refractivity contribution in [2.24, 2.45) is 5.92 Å². The van der Waals surface area contributed by atoms with Crippen LogP contribution in [0.2, 0.25) is 0 Å². The maximum atomic E-state index is 8.74. The quantitative estimate of drug-likeness (QED) is 0.151. The van der Waals surface area contributed by atoms with Crippen molar-refractivity contribution < 1.29 is 29.7 Å². The molecule has 6 aromatic rings. The van der Waals surface area contributed by atoms with E-state index in [0.717, 1.165) is 36.8 Å². The van der Waals surface area contributed by atoms with Crippen LogP contribution in [0.15, 0.2) is 134 Å². The van der Waals surface area contributed by atoms with Gasteiger partial charge >= 0.3 is 0 Å². The molecule has 0 atom stereocenters. The van der Waals surface area contributed by atoms with Crippen LogP contribution in [-0.4, -0.2) is 9.97 Å². The van der Waals surface area contributed by atoms with E-state index in [1.54, 1.807) is 42.6 Å². The summed E-state index contributed by atoms with van der Waals surface area (Å²) in [7, 11) is 0. The molecule has 1 aliphatic carbocycles. The maximum absolute atomic E-state index is 8.74. The van der Waals surface area contributed by atoms with Crippen LogP contribution in [-0.2, 0) is 32.9 Å². The van der Waals surface area contributed by atoms with Gasteiger partial charge in [-0.05, 0) is 65.2 Å². The summed E-state index contributed by atoms with van der Waals surface area (Å²) < 4.78 is 57.9. The molecule has 0 amide bonds. The Bertz CT molecular complexity index is 2070. The number of pyridine rings is 2. The van der Waals surface area contributed by atoms with Crippen molar-refractivity contribution in [2.45, 2.75) is 51.7 Å². The molecule has 0 bridgehead atoms. The van der Waals surface area contributed by atoms with E-state index in [4.69, 9.17) is 9.60 Å². The molecule has 0 N–H and O–H groups in total. The molecule has 0 saturated heterocycles. The molecule has 1 fully saturated rings. The first-order chi connectivity index (χ1) is 24.9. The summed E-state index contributed by atoms with van der Waals surface area (Å²) in [5, 5.41) is 0. The molecule has 0 aliphatic heterocycles. The molecule has 2 aromatic heterocycles. The third-order valence-corrected chi connectivity index (χ3v) is 7.85. The molecule has 2 heterocycles. The van der Waals surface area contributed by atoms with Crippen LogP contribution >= 0.6 is 0 Å². The Balaban J connectivity index is 0.000000210. The molecular weight excluding hydrogens is 737 g/mol. The zero-order valence-corrected chi connectivity index (χ0v) is 27.9. The number of hydrogen-bond acceptors (Lipinski definition) is 2. The fourth-order valence-corrected chi connectivity index (χ4v) is 5.54. The Morgan fingerprint density at radius 2 is 1.43 bits per heavy atom. The number of benzene rings is 4. The van der Waals surface area contributed by atoms with E-state index in [-0.39, 0.29) is 31.6 Å². The molecule has 233 valence electrons. The zero-order chi connectivity index (χ0) is 36.8. The topological polar surface area (TPSA) is 25.8 Å². The predicted octanol–water partition coefficient (Wildman–Crippen LogP) is 10.8. The summed E-state index contributed by atoms with van der Waals surface area (Å²) in [4.78, 5) is 8.75. The van der Waals surface area contributed by atoms with Gasteiger partial charge in [0.25, 0.3) is 0 Å². The van der Waals surface area contributed by atoms with Gasteiger partial charge in [0.15, 0.2) is 0 Å². The van der Waals surface area contributed by atoms with Crippen LogP contribution in [0.4, 0.5) is 0 Å². The number of aryl methyl sites for hydroxylation is 1. The summed E-state index contributed by atoms with van der Waals surface area (Å²) in [6.07, 6.45) is 5.28. The fourth-order valence-electron chi connectivity index (χ4n) is 5.54. The maximum Gasteiger partial charge on any atom is 0.0349 e. The van der Waals surface area contributed by atoms with Gasteiger partial charge < -0.3 is 9.97 Å². The summed E-state index contributed by atoms with van der Waals surface area (Å²) in [6, 6.07) is 43.1. The first-order valence-corrected chi connectivity index (χ1v) is 15.5. The normalized spacial score (nSPS) is 16.0. The van der Waals surface area contributed by atoms with E-state index < -0.39 is 19.6 Å². The van der Waals surface area contributed by atoms with E-state index in [1.165, 1.54) is 12.6 Å². The van der Waals surface area contributed by atoms with Gasteiger partial charge in [0.2, 0.25) is 0 Å². The van der Waals surface area contributed by atoms with Crippen molar-refractivity contribution in [1.29, 1.82) is 0 Å². The largest absolute Gasteiger partial charge is 0.305 e. The molecule has 0 unspecified atom stereocenters. The molecule has 1 radical (unpaired) electrons. The monoisotopic (exact) mass is 784 g/mol. The van der Waals surface area contributed by atoms with Gasteiger partial charge in [-0.3, -0.25) is 0 Å². The smallest absolute Gasteiger partial charge is 0.0349 e. The van der Waals surface area contributed by atoms with Crippen molar-refractivity contribution in [2.75, 3.05) is 0 Å². The van der Waals surface area contributed by atoms with Gasteiger partial charge in [0.05, 0.1) is 0 Å². The van der Waals surface area contributed by atoms with Gasteiger partial charge in [0, 0.05) is 42.1 Å². The number of aromatic nitrogens is 2. The predicted molar refractivity (Wildman–Crippen MR) is 187 cm³/mol. The minimum Gasteiger partial charge on any atom is -0.305 e. The standard InChI is InChI=1S/C25H26N.C18H14N.Ir/c1-3-8-20(9-4-1)16-22-12-7-13-24(18-22)25-19-23(14-15-26-25)17-21-10-5-2-6-11-21;1-14-13-19-18(16-10-6-3-7-11-16)12-17(14)15-8-4-2-5-9-15;/h1,3-4,7-9,12,14-15,18-19,21H,2,5-6,10-11,16-17H2;2-10,12-13H,1H3;/q2*-1;/i16D2,17D2;1D3;. The SMILES string of the molecule is [2H]C([2H])([2H])c1cnc(-c2[c-]cccc2)cc1-c1ccccc1.[2H]C([2H])(c1ccccc1)c1cc[c-]c(-c2cc(C([2H])([2H])C3CCCCC3)ccn2)c1.[Ir]. The summed E-state index contributed by atoms with van der Waals surface area (Å²) in [6.45, 7) is -2.20. The Labute approximate surface area is 298 Å². The van der Waals surface area contributed by atoms with Gasteiger partial charge in [-0.25, -0.2) is 0 Å². The molecule has 1 saturated carbocycles. The molecular formula is C43H40IrN2-2. The van der Waals surface area contributed by atoms with Crippen molar-refractivity contribution in [3.8, 4) is 33.6 Å². The molecule has 4 aromatic carbocycles. The number of nitrogens with zero attached hydrogens (tertiary/aromatic N) is 2. The Kier molecular flexibility index (Phi) is 9.20. The van der Waals surface area contributed by atoms with E-state index in [0.29, 0.717) is 39.2 Å². The van der Waals surface area contributed by atoms with E-state index in [9.17, 15) is 0 Å². The second kappa shape index (κ2) is 16.9. The Morgan fingerprint density at radius 3 is 2.20 bits per heavy atom. The average molecular weight is 784 g/mol. The van der Waals surface area contributed by atoms with E-state index >= 15 is 0 Å². The van der Waals surface area contributed by atoms with E-state index in [1.807, 2.05) is 84.9 Å². The minimum absolute atomic E-state index is 0. The second-order valence-electron chi connectivity index (χ2n) is 11.1. The van der Waals surface area contributed by atoms with Gasteiger partial charge in [-0.15, -0.1) is 71.3 Å². The Morgan fingerprint density at radius 1 is 0.696 bits per heavy atom. The summed E-state index contributed by atoms with van der Waals surface area (Å²) >= 11 is 0.